The molecule has 1 aliphatic carbocycles. The largest absolute Gasteiger partial charge is 0.394 e. The second-order valence-electron chi connectivity index (χ2n) is 7.59. The van der Waals surface area contributed by atoms with Crippen LogP contribution in [0, 0.1) is 0 Å². The number of nitrogens with zero attached hydrogens (tertiary/aromatic N) is 4. The number of aliphatic hydroxyl groups is 3. The Balaban J connectivity index is 1.45. The van der Waals surface area contributed by atoms with Crippen molar-refractivity contribution in [3.8, 4) is 0 Å². The Morgan fingerprint density at radius 2 is 2.03 bits per heavy atom. The van der Waals surface area contributed by atoms with E-state index in [0.29, 0.717) is 22.9 Å². The third-order valence-corrected chi connectivity index (χ3v) is 6.82. The Labute approximate surface area is 176 Å². The molecule has 3 aromatic heterocycles. The summed E-state index contributed by atoms with van der Waals surface area (Å²) in [6.45, 7) is -0.386. The molecule has 5 rings (SSSR count). The molecule has 0 radical (unpaired) electrons. The second kappa shape index (κ2) is 8.05. The summed E-state index contributed by atoms with van der Waals surface area (Å²) in [5.41, 5.74) is 1.05. The number of rotatable bonds is 5. The zero-order valence-electron chi connectivity index (χ0n) is 16.1. The van der Waals surface area contributed by atoms with E-state index in [-0.39, 0.29) is 12.6 Å². The van der Waals surface area contributed by atoms with E-state index in [1.54, 1.807) is 15.9 Å². The first-order valence-electron chi connectivity index (χ1n) is 9.92. The number of aromatic nitrogens is 4. The summed E-state index contributed by atoms with van der Waals surface area (Å²) < 4.78 is 7.20. The summed E-state index contributed by atoms with van der Waals surface area (Å²) in [7, 11) is 0. The normalized spacial score (nSPS) is 31.4. The summed E-state index contributed by atoms with van der Waals surface area (Å²) in [5, 5.41) is 35.4. The highest BCUT2D eigenvalue weighted by atomic mass is 32.1. The van der Waals surface area contributed by atoms with E-state index in [2.05, 4.69) is 49.9 Å². The number of hydrogen-bond acceptors (Lipinski definition) is 9. The van der Waals surface area contributed by atoms with E-state index in [1.165, 1.54) is 17.5 Å². The van der Waals surface area contributed by atoms with Crippen molar-refractivity contribution >= 4 is 28.3 Å². The molecule has 10 heteroatoms. The molecule has 0 amide bonds. The highest BCUT2D eigenvalue weighted by Gasteiger charge is 2.44. The average Bonchev–Trinajstić information content (AvgIpc) is 3.50. The molecule has 4 N–H and O–H groups in total. The van der Waals surface area contributed by atoms with E-state index in [0.717, 1.165) is 12.8 Å². The molecular weight excluding hydrogens is 406 g/mol. The summed E-state index contributed by atoms with van der Waals surface area (Å²) >= 11 is 1.76. The van der Waals surface area contributed by atoms with Crippen molar-refractivity contribution in [1.29, 1.82) is 0 Å². The maximum absolute atomic E-state index is 10.4. The first-order chi connectivity index (χ1) is 14.7. The van der Waals surface area contributed by atoms with Crippen molar-refractivity contribution in [2.75, 3.05) is 11.9 Å². The summed E-state index contributed by atoms with van der Waals surface area (Å²) in [5.74, 6) is 0.967. The highest BCUT2D eigenvalue weighted by Crippen LogP contribution is 2.36. The van der Waals surface area contributed by atoms with Gasteiger partial charge in [0.25, 0.3) is 0 Å². The average molecular weight is 430 g/mol. The number of aliphatic hydroxyl groups excluding tert-OH is 3. The van der Waals surface area contributed by atoms with Gasteiger partial charge < -0.3 is 25.4 Å². The van der Waals surface area contributed by atoms with Crippen LogP contribution < -0.4 is 5.32 Å². The molecule has 4 heterocycles. The van der Waals surface area contributed by atoms with E-state index in [1.807, 2.05) is 0 Å². The van der Waals surface area contributed by atoms with Crippen LogP contribution in [0.3, 0.4) is 0 Å². The number of imidazole rings is 1. The predicted molar refractivity (Wildman–Crippen MR) is 111 cm³/mol. The molecule has 0 saturated carbocycles. The molecule has 6 atom stereocenters. The van der Waals surface area contributed by atoms with Gasteiger partial charge in [-0.2, -0.15) is 0 Å². The van der Waals surface area contributed by atoms with Gasteiger partial charge in [-0.15, -0.1) is 11.3 Å². The Bertz CT molecular complexity index is 1040. The van der Waals surface area contributed by atoms with Gasteiger partial charge in [0.05, 0.1) is 12.9 Å². The first kappa shape index (κ1) is 19.6. The number of thiophene rings is 1. The van der Waals surface area contributed by atoms with Gasteiger partial charge >= 0.3 is 0 Å². The minimum absolute atomic E-state index is 0.172. The molecule has 2 aliphatic rings. The fraction of sp³-hybridized carbons (Fsp3) is 0.450. The Morgan fingerprint density at radius 1 is 1.17 bits per heavy atom. The second-order valence-corrected chi connectivity index (χ2v) is 8.57. The van der Waals surface area contributed by atoms with E-state index in [9.17, 15) is 15.3 Å². The molecule has 1 aliphatic heterocycles. The fourth-order valence-corrected chi connectivity index (χ4v) is 5.13. The lowest BCUT2D eigenvalue weighted by atomic mass is 9.88. The van der Waals surface area contributed by atoms with E-state index < -0.39 is 24.5 Å². The molecule has 0 bridgehead atoms. The van der Waals surface area contributed by atoms with Gasteiger partial charge in [-0.3, -0.25) is 4.57 Å². The topological polar surface area (TPSA) is 126 Å². The van der Waals surface area contributed by atoms with Gasteiger partial charge in [0, 0.05) is 16.8 Å². The number of ether oxygens (including phenoxy) is 1. The smallest absolute Gasteiger partial charge is 0.167 e. The van der Waals surface area contributed by atoms with Crippen molar-refractivity contribution in [1.82, 2.24) is 19.5 Å². The van der Waals surface area contributed by atoms with Crippen LogP contribution in [0.1, 0.15) is 29.9 Å². The Hall–Kier alpha value is -2.37. The Morgan fingerprint density at radius 3 is 2.80 bits per heavy atom. The van der Waals surface area contributed by atoms with Gasteiger partial charge in [-0.05, 0) is 24.3 Å². The third kappa shape index (κ3) is 3.30. The minimum atomic E-state index is -1.20. The van der Waals surface area contributed by atoms with Crippen molar-refractivity contribution in [2.45, 2.75) is 49.3 Å². The van der Waals surface area contributed by atoms with Crippen molar-refractivity contribution < 1.29 is 20.1 Å². The van der Waals surface area contributed by atoms with Crippen LogP contribution in [-0.2, 0) is 4.74 Å². The van der Waals surface area contributed by atoms with Gasteiger partial charge in [-0.25, -0.2) is 15.0 Å². The molecule has 3 aromatic rings. The Kier molecular flexibility index (Phi) is 5.25. The maximum Gasteiger partial charge on any atom is 0.167 e. The molecule has 4 unspecified atom stereocenters. The fourth-order valence-electron chi connectivity index (χ4n) is 4.22. The number of fused-ring (bicyclic) bond motifs is 1. The van der Waals surface area contributed by atoms with Gasteiger partial charge in [0.2, 0.25) is 0 Å². The quantitative estimate of drug-likeness (QED) is 0.449. The van der Waals surface area contributed by atoms with Gasteiger partial charge in [-0.1, -0.05) is 18.2 Å². The first-order valence-corrected chi connectivity index (χ1v) is 10.8. The molecule has 158 valence electrons. The van der Waals surface area contributed by atoms with Crippen LogP contribution in [0.5, 0.6) is 0 Å². The molecule has 30 heavy (non-hydrogen) atoms. The maximum atomic E-state index is 10.4. The van der Waals surface area contributed by atoms with Crippen LogP contribution in [0.15, 0.2) is 42.3 Å². The third-order valence-electron chi connectivity index (χ3n) is 5.81. The van der Waals surface area contributed by atoms with Gasteiger partial charge in [0.1, 0.15) is 24.6 Å². The van der Waals surface area contributed by atoms with Crippen LogP contribution >= 0.6 is 11.3 Å². The number of anilines is 1. The van der Waals surface area contributed by atoms with Crippen molar-refractivity contribution in [3.63, 3.8) is 0 Å². The molecule has 9 nitrogen and oxygen atoms in total. The monoisotopic (exact) mass is 429 g/mol. The van der Waals surface area contributed by atoms with Gasteiger partial charge in [0.15, 0.2) is 23.2 Å². The number of allylic oxidation sites excluding steroid dienone is 1. The lowest BCUT2D eigenvalue weighted by molar-refractivity contribution is -0.0511. The summed E-state index contributed by atoms with van der Waals surface area (Å²) in [6.07, 6.45) is 5.07. The predicted octanol–water partition coefficient (Wildman–Crippen LogP) is 1.41. The number of nitrogens with one attached hydrogen (secondary N) is 1. The highest BCUT2D eigenvalue weighted by molar-refractivity contribution is 7.10. The lowest BCUT2D eigenvalue weighted by Gasteiger charge is -2.29. The van der Waals surface area contributed by atoms with Crippen LogP contribution in [0.4, 0.5) is 5.82 Å². The molecule has 1 saturated heterocycles. The zero-order valence-corrected chi connectivity index (χ0v) is 16.9. The molecule has 1 fully saturated rings. The van der Waals surface area contributed by atoms with Crippen LogP contribution in [0.2, 0.25) is 0 Å². The minimum Gasteiger partial charge on any atom is -0.394 e. The van der Waals surface area contributed by atoms with Crippen molar-refractivity contribution in [2.24, 2.45) is 0 Å². The standard InChI is InChI=1S/C20H23N5O4S/c26-8-13-16(27)17(28)20(29-13)25-10-23-15-18(21-9-22-19(15)25)24-12-5-2-1-4-11(12)14-6-3-7-30-14/h1-3,6-7,9-13,16-17,20,26-28H,4-5,8H2,(H,21,22,24)/t11?,12?,13-,16?,17?,20-/m1/s1. The molecule has 0 spiro atoms. The van der Waals surface area contributed by atoms with E-state index in [4.69, 9.17) is 4.74 Å². The molecular formula is C20H23N5O4S. The lowest BCUT2D eigenvalue weighted by Crippen LogP contribution is -2.33. The van der Waals surface area contributed by atoms with Crippen LogP contribution in [0.25, 0.3) is 11.2 Å². The van der Waals surface area contributed by atoms with E-state index >= 15 is 0 Å². The molecule has 0 aromatic carbocycles. The summed E-state index contributed by atoms with van der Waals surface area (Å²) in [4.78, 5) is 14.5. The number of hydrogen-bond donors (Lipinski definition) is 4. The zero-order chi connectivity index (χ0) is 20.7. The van der Waals surface area contributed by atoms with Crippen molar-refractivity contribution in [3.05, 3.63) is 47.2 Å². The SMILES string of the molecule is OC[C@H]1O[C@@H](n2cnc3c(NC4CC=CCC4c4cccs4)ncnc32)C(O)C1O. The van der Waals surface area contributed by atoms with Crippen LogP contribution in [-0.4, -0.2) is 65.8 Å². The summed E-state index contributed by atoms with van der Waals surface area (Å²) in [6, 6.07) is 4.40.